The summed E-state index contributed by atoms with van der Waals surface area (Å²) in [5.41, 5.74) is -1.11. The minimum Gasteiger partial charge on any atom is -0.351 e. The highest BCUT2D eigenvalue weighted by molar-refractivity contribution is 5.91. The molecule has 8 nitrogen and oxygen atoms in total. The Hall–Kier alpha value is -2.12. The fourth-order valence-electron chi connectivity index (χ4n) is 14.0. The van der Waals surface area contributed by atoms with Crippen molar-refractivity contribution < 1.29 is 19.2 Å². The zero-order chi connectivity index (χ0) is 47.0. The van der Waals surface area contributed by atoms with Gasteiger partial charge < -0.3 is 21.3 Å². The van der Waals surface area contributed by atoms with Gasteiger partial charge in [-0.25, -0.2) is 0 Å². The molecule has 2 aliphatic heterocycles. The van der Waals surface area contributed by atoms with E-state index >= 15 is 0 Å². The SMILES string of the molecule is CCCCCCCCC1CC2CCCCC(=O)N[C@H]3CCCC[C@@H]3NC(=O)C3(CCCC)CC(CCCC)(C3)C(=O)N[C@@H]3CCCC[C@H]3NC(=O)CCCCC2CC1CCCCCCCC. The highest BCUT2D eigenvalue weighted by Gasteiger charge is 2.61. The van der Waals surface area contributed by atoms with Crippen LogP contribution < -0.4 is 21.3 Å². The fraction of sp³-hybridized carbons (Fsp3) is 0.931. The summed E-state index contributed by atoms with van der Waals surface area (Å²) in [5.74, 6) is 3.56. The first-order valence-electron chi connectivity index (χ1n) is 29.4. The Labute approximate surface area is 405 Å². The van der Waals surface area contributed by atoms with Crippen LogP contribution in [0.5, 0.6) is 0 Å². The van der Waals surface area contributed by atoms with E-state index in [1.807, 2.05) is 0 Å². The summed E-state index contributed by atoms with van der Waals surface area (Å²) >= 11 is 0. The van der Waals surface area contributed by atoms with Crippen LogP contribution in [0.25, 0.3) is 0 Å². The van der Waals surface area contributed by atoms with Crippen molar-refractivity contribution in [2.45, 2.75) is 309 Å². The maximum Gasteiger partial charge on any atom is 0.226 e. The zero-order valence-electron chi connectivity index (χ0n) is 43.5. The molecule has 380 valence electrons. The molecule has 0 radical (unpaired) electrons. The molecule has 6 aliphatic rings. The molecule has 4 N–H and O–H groups in total. The molecule has 6 rings (SSSR count). The van der Waals surface area contributed by atoms with E-state index in [0.717, 1.165) is 127 Å². The van der Waals surface area contributed by atoms with Gasteiger partial charge in [0, 0.05) is 37.0 Å². The topological polar surface area (TPSA) is 116 Å². The Bertz CT molecular complexity index is 1310. The molecule has 2 saturated heterocycles. The normalized spacial score (nSPS) is 33.3. The molecule has 6 fully saturated rings. The molecule has 66 heavy (non-hydrogen) atoms. The number of carbonyl (C=O) groups excluding carboxylic acids is 4. The minimum atomic E-state index is -0.557. The quantitative estimate of drug-likeness (QED) is 0.0910. The van der Waals surface area contributed by atoms with Crippen LogP contribution >= 0.6 is 0 Å². The molecule has 4 aliphatic carbocycles. The largest absolute Gasteiger partial charge is 0.351 e. The molecule has 0 spiro atoms. The number of rotatable bonds is 20. The Morgan fingerprint density at radius 2 is 0.727 bits per heavy atom. The first-order valence-corrected chi connectivity index (χ1v) is 29.4. The Balaban J connectivity index is 1.31. The molecular weight excluding hydrogens is 817 g/mol. The first-order chi connectivity index (χ1) is 32.2. The number of hydrogen-bond donors (Lipinski definition) is 4. The third-order valence-corrected chi connectivity index (χ3v) is 18.1. The van der Waals surface area contributed by atoms with Gasteiger partial charge in [-0.2, -0.15) is 0 Å². The van der Waals surface area contributed by atoms with Crippen molar-refractivity contribution in [2.24, 2.45) is 34.5 Å². The fourth-order valence-corrected chi connectivity index (χ4v) is 14.0. The van der Waals surface area contributed by atoms with Gasteiger partial charge in [-0.1, -0.05) is 195 Å². The lowest BCUT2D eigenvalue weighted by Crippen LogP contribution is -2.65. The smallest absolute Gasteiger partial charge is 0.226 e. The Morgan fingerprint density at radius 1 is 0.394 bits per heavy atom. The van der Waals surface area contributed by atoms with Crippen molar-refractivity contribution >= 4 is 23.6 Å². The van der Waals surface area contributed by atoms with Gasteiger partial charge in [0.15, 0.2) is 0 Å². The molecule has 4 unspecified atom stereocenters. The standard InChI is InChI=1S/C58H104N4O4/c1-5-9-13-15-17-19-29-45-41-47-31-21-27-37-53(63)59-49-33-23-25-35-51(49)61-55(65)57(39-11-7-3)43-58(44-57,40-12-8-4)56(66)62-52-36-26-24-34-50(52)60-54(64)38-28-22-32-48(47)42-46(45)30-20-18-16-14-10-6-2/h45-52H,5-44H2,1-4H3,(H,59,63)(H,60,64)(H,61,65)(H,62,66)/t45?,46?,47?,48?,49-,50+,51-,52+,57?,58?. The van der Waals surface area contributed by atoms with Gasteiger partial charge in [0.25, 0.3) is 0 Å². The van der Waals surface area contributed by atoms with Crippen molar-refractivity contribution in [3.8, 4) is 0 Å². The van der Waals surface area contributed by atoms with Crippen LogP contribution in [0.3, 0.4) is 0 Å². The van der Waals surface area contributed by atoms with Crippen LogP contribution in [0.2, 0.25) is 0 Å². The van der Waals surface area contributed by atoms with E-state index in [0.29, 0.717) is 37.5 Å². The second kappa shape index (κ2) is 29.8. The van der Waals surface area contributed by atoms with Crippen molar-refractivity contribution in [3.05, 3.63) is 0 Å². The number of fused-ring (bicyclic) bond motifs is 12. The summed E-state index contributed by atoms with van der Waals surface area (Å²) in [4.78, 5) is 56.6. The monoisotopic (exact) mass is 921 g/mol. The van der Waals surface area contributed by atoms with E-state index in [-0.39, 0.29) is 47.8 Å². The molecule has 0 aromatic heterocycles. The van der Waals surface area contributed by atoms with E-state index in [2.05, 4.69) is 49.0 Å². The van der Waals surface area contributed by atoms with Gasteiger partial charge in [0.2, 0.25) is 23.6 Å². The molecule has 8 atom stereocenters. The summed E-state index contributed by atoms with van der Waals surface area (Å²) in [6, 6.07) is -0.197. The van der Waals surface area contributed by atoms with E-state index in [9.17, 15) is 19.2 Å². The molecular formula is C58H104N4O4. The van der Waals surface area contributed by atoms with Gasteiger partial charge in [-0.15, -0.1) is 0 Å². The van der Waals surface area contributed by atoms with Crippen molar-refractivity contribution in [1.29, 1.82) is 0 Å². The van der Waals surface area contributed by atoms with Gasteiger partial charge in [-0.3, -0.25) is 19.2 Å². The van der Waals surface area contributed by atoms with Crippen LogP contribution in [0.4, 0.5) is 0 Å². The van der Waals surface area contributed by atoms with Gasteiger partial charge in [0.05, 0.1) is 10.8 Å². The van der Waals surface area contributed by atoms with Crippen LogP contribution in [0.15, 0.2) is 0 Å². The Morgan fingerprint density at radius 3 is 1.11 bits per heavy atom. The third kappa shape index (κ3) is 17.1. The molecule has 8 heteroatoms. The molecule has 0 aromatic carbocycles. The van der Waals surface area contributed by atoms with Crippen LogP contribution in [-0.4, -0.2) is 47.8 Å². The first kappa shape index (κ1) is 54.8. The number of amides is 4. The number of hydrogen-bond acceptors (Lipinski definition) is 4. The summed E-state index contributed by atoms with van der Waals surface area (Å²) in [6.07, 6.45) is 44.0. The second-order valence-corrected chi connectivity index (χ2v) is 23.3. The van der Waals surface area contributed by atoms with Crippen molar-refractivity contribution in [2.75, 3.05) is 0 Å². The lowest BCUT2D eigenvalue weighted by Gasteiger charge is -2.55. The zero-order valence-corrected chi connectivity index (χ0v) is 43.5. The van der Waals surface area contributed by atoms with E-state index in [1.165, 1.54) is 116 Å². The average Bonchev–Trinajstić information content (AvgIpc) is 3.30. The van der Waals surface area contributed by atoms with Gasteiger partial charge in [-0.05, 0) is 101 Å². The maximum absolute atomic E-state index is 14.6. The Kier molecular flexibility index (Phi) is 24.8. The summed E-state index contributed by atoms with van der Waals surface area (Å²) in [7, 11) is 0. The number of unbranched alkanes of at least 4 members (excludes halogenated alkanes) is 12. The summed E-state index contributed by atoms with van der Waals surface area (Å²) in [5, 5.41) is 13.9. The molecule has 4 amide bonds. The lowest BCUT2D eigenvalue weighted by atomic mass is 9.48. The third-order valence-electron chi connectivity index (χ3n) is 18.1. The molecule has 4 saturated carbocycles. The molecule has 0 aromatic rings. The lowest BCUT2D eigenvalue weighted by molar-refractivity contribution is -0.162. The minimum absolute atomic E-state index is 0.0337. The van der Waals surface area contributed by atoms with Crippen molar-refractivity contribution in [1.82, 2.24) is 21.3 Å². The highest BCUT2D eigenvalue weighted by Crippen LogP contribution is 2.60. The predicted molar refractivity (Wildman–Crippen MR) is 274 cm³/mol. The summed E-state index contributed by atoms with van der Waals surface area (Å²) < 4.78 is 0. The van der Waals surface area contributed by atoms with Crippen molar-refractivity contribution in [3.63, 3.8) is 0 Å². The number of nitrogens with one attached hydrogen (secondary N) is 4. The molecule has 2 bridgehead atoms. The number of carbonyl (C=O) groups is 4. The van der Waals surface area contributed by atoms with E-state index in [1.54, 1.807) is 0 Å². The maximum atomic E-state index is 14.6. The predicted octanol–water partition coefficient (Wildman–Crippen LogP) is 14.1. The molecule has 2 heterocycles. The van der Waals surface area contributed by atoms with Crippen LogP contribution in [0.1, 0.15) is 285 Å². The second-order valence-electron chi connectivity index (χ2n) is 23.3. The van der Waals surface area contributed by atoms with E-state index < -0.39 is 10.8 Å². The summed E-state index contributed by atoms with van der Waals surface area (Å²) in [6.45, 7) is 8.99. The van der Waals surface area contributed by atoms with E-state index in [4.69, 9.17) is 0 Å². The highest BCUT2D eigenvalue weighted by atomic mass is 16.2. The van der Waals surface area contributed by atoms with Crippen LogP contribution in [-0.2, 0) is 19.2 Å². The van der Waals surface area contributed by atoms with Gasteiger partial charge in [0.1, 0.15) is 0 Å². The van der Waals surface area contributed by atoms with Crippen LogP contribution in [0, 0.1) is 34.5 Å². The average molecular weight is 921 g/mol. The van der Waals surface area contributed by atoms with Gasteiger partial charge >= 0.3 is 0 Å².